The van der Waals surface area contributed by atoms with Gasteiger partial charge >= 0.3 is 0 Å². The topological polar surface area (TPSA) is 72.5 Å². The Bertz CT molecular complexity index is 948. The molecule has 3 aliphatic carbocycles. The number of rotatable bonds is 2. The van der Waals surface area contributed by atoms with Crippen molar-refractivity contribution in [3.63, 3.8) is 0 Å². The number of nitrogens with two attached hydrogens (primary N) is 1. The van der Waals surface area contributed by atoms with E-state index in [2.05, 4.69) is 24.9 Å². The summed E-state index contributed by atoms with van der Waals surface area (Å²) in [5.41, 5.74) is 8.46. The number of hydrogen-bond acceptors (Lipinski definition) is 3. The average Bonchev–Trinajstić information content (AvgIpc) is 3.05. The molecule has 0 spiro atoms. The third kappa shape index (κ3) is 2.60. The fourth-order valence-electron chi connectivity index (χ4n) is 7.37. The minimum atomic E-state index is -0.108. The molecule has 6 atom stereocenters. The second kappa shape index (κ2) is 6.38. The quantitative estimate of drug-likeness (QED) is 0.580. The van der Waals surface area contributed by atoms with Crippen LogP contribution in [-0.4, -0.2) is 17.4 Å². The first-order chi connectivity index (χ1) is 13.8. The van der Waals surface area contributed by atoms with Gasteiger partial charge < -0.3 is 5.73 Å². The molecule has 4 nitrogen and oxygen atoms in total. The molecule has 1 heterocycles. The Labute approximate surface area is 172 Å². The highest BCUT2D eigenvalue weighted by molar-refractivity contribution is 6.07. The van der Waals surface area contributed by atoms with Crippen LogP contribution in [0.1, 0.15) is 62.7 Å². The third-order valence-corrected chi connectivity index (χ3v) is 8.90. The van der Waals surface area contributed by atoms with Gasteiger partial charge in [-0.3, -0.25) is 9.59 Å². The van der Waals surface area contributed by atoms with Crippen LogP contribution >= 0.6 is 0 Å². The number of anilines is 1. The van der Waals surface area contributed by atoms with E-state index in [0.29, 0.717) is 29.0 Å². The molecule has 1 aromatic rings. The van der Waals surface area contributed by atoms with Crippen molar-refractivity contribution in [2.45, 2.75) is 52.4 Å². The van der Waals surface area contributed by atoms with Gasteiger partial charge in [0.15, 0.2) is 5.78 Å². The summed E-state index contributed by atoms with van der Waals surface area (Å²) in [7, 11) is 0. The fourth-order valence-corrected chi connectivity index (χ4v) is 7.37. The summed E-state index contributed by atoms with van der Waals surface area (Å²) >= 11 is 0. The normalized spacial score (nSPS) is 40.6. The molecule has 4 heteroatoms. The molecule has 152 valence electrons. The van der Waals surface area contributed by atoms with Crippen molar-refractivity contribution >= 4 is 23.1 Å². The summed E-state index contributed by atoms with van der Waals surface area (Å²) < 4.78 is 0. The van der Waals surface area contributed by atoms with Crippen LogP contribution in [0.5, 0.6) is 0 Å². The molecule has 0 unspecified atom stereocenters. The molecule has 4 aliphatic rings. The van der Waals surface area contributed by atoms with Crippen LogP contribution in [0.4, 0.5) is 5.69 Å². The molecular weight excluding hydrogens is 360 g/mol. The van der Waals surface area contributed by atoms with Gasteiger partial charge in [0.2, 0.25) is 0 Å². The molecule has 5 rings (SSSR count). The second-order valence-electron chi connectivity index (χ2n) is 10.1. The zero-order valence-electron chi connectivity index (χ0n) is 17.4. The van der Waals surface area contributed by atoms with Gasteiger partial charge in [0.05, 0.1) is 0 Å². The van der Waals surface area contributed by atoms with Crippen molar-refractivity contribution in [1.29, 1.82) is 0 Å². The highest BCUT2D eigenvalue weighted by Crippen LogP contribution is 2.64. The lowest BCUT2D eigenvalue weighted by Crippen LogP contribution is -2.52. The van der Waals surface area contributed by atoms with Crippen LogP contribution in [0, 0.1) is 34.5 Å². The number of Topliss-reactive ketones (excluding diaryl/α,β-unsaturated/α-hetero) is 1. The number of nitrogen functional groups attached to an aromatic ring is 1. The molecule has 3 saturated carbocycles. The Balaban J connectivity index is 1.45. The van der Waals surface area contributed by atoms with E-state index in [-0.39, 0.29) is 28.4 Å². The van der Waals surface area contributed by atoms with E-state index in [4.69, 9.17) is 5.73 Å². The van der Waals surface area contributed by atoms with Crippen molar-refractivity contribution in [3.05, 3.63) is 42.0 Å². The number of para-hydroxylation sites is 1. The van der Waals surface area contributed by atoms with Gasteiger partial charge in [-0.15, -0.1) is 0 Å². The van der Waals surface area contributed by atoms with Crippen molar-refractivity contribution < 1.29 is 9.59 Å². The molecule has 0 saturated heterocycles. The number of aliphatic imine (C=N–C) groups is 1. The minimum absolute atomic E-state index is 0.0414. The Morgan fingerprint density at radius 1 is 1.10 bits per heavy atom. The summed E-state index contributed by atoms with van der Waals surface area (Å²) in [6.45, 7) is 4.63. The first kappa shape index (κ1) is 18.8. The van der Waals surface area contributed by atoms with E-state index in [9.17, 15) is 9.59 Å². The molecule has 3 fully saturated rings. The molecule has 0 bridgehead atoms. The highest BCUT2D eigenvalue weighted by atomic mass is 16.1. The Morgan fingerprint density at radius 2 is 1.90 bits per heavy atom. The number of carbonyl (C=O) groups excluding carboxylic acids is 2. The fraction of sp³-hybridized carbons (Fsp3) is 0.560. The van der Waals surface area contributed by atoms with Gasteiger partial charge in [-0.25, -0.2) is 4.99 Å². The molecular formula is C25H30N2O2. The summed E-state index contributed by atoms with van der Waals surface area (Å²) in [5, 5.41) is 0. The molecule has 1 aromatic carbocycles. The number of hydrogen-bond donors (Lipinski definition) is 1. The van der Waals surface area contributed by atoms with Crippen LogP contribution in [0.25, 0.3) is 0 Å². The molecule has 29 heavy (non-hydrogen) atoms. The zero-order chi connectivity index (χ0) is 20.4. The highest BCUT2D eigenvalue weighted by Gasteiger charge is 2.60. The van der Waals surface area contributed by atoms with Crippen molar-refractivity contribution in [2.24, 2.45) is 39.5 Å². The van der Waals surface area contributed by atoms with Crippen LogP contribution in [0.3, 0.4) is 0 Å². The summed E-state index contributed by atoms with van der Waals surface area (Å²) in [6, 6.07) is 7.52. The van der Waals surface area contributed by atoms with Gasteiger partial charge in [-0.1, -0.05) is 32.1 Å². The predicted octanol–water partition coefficient (Wildman–Crippen LogP) is 4.85. The van der Waals surface area contributed by atoms with Gasteiger partial charge in [0.25, 0.3) is 5.91 Å². The standard InChI is InChI=1S/C25H30N2O2/c1-24-13-11-18-15(7-10-21-25(18,2)14-12-22(28)27-21)17(24)8-9-19(24)23(29)16-5-3-4-6-20(16)26/h3-6,12,14-15,17-19H,7-11,13,26H2,1-2H3/t15-,17-,18-,19+,24-,25+/m0/s1. The predicted molar refractivity (Wildman–Crippen MR) is 115 cm³/mol. The zero-order valence-corrected chi connectivity index (χ0v) is 17.4. The SMILES string of the molecule is C[C@]12CC[C@H]3[C@@H](CCC4=NC(=O)C=C[C@@]43C)[C@@H]1CC[C@@H]2C(=O)c1ccccc1N. The van der Waals surface area contributed by atoms with E-state index in [1.165, 1.54) is 0 Å². The number of benzene rings is 1. The lowest BCUT2D eigenvalue weighted by atomic mass is 9.48. The number of allylic oxidation sites excluding steroid dienone is 1. The van der Waals surface area contributed by atoms with Crippen molar-refractivity contribution in [1.82, 2.24) is 0 Å². The molecule has 0 aromatic heterocycles. The van der Waals surface area contributed by atoms with Gasteiger partial charge in [-0.2, -0.15) is 0 Å². The van der Waals surface area contributed by atoms with Crippen LogP contribution in [0.2, 0.25) is 0 Å². The van der Waals surface area contributed by atoms with E-state index < -0.39 is 0 Å². The van der Waals surface area contributed by atoms with Crippen molar-refractivity contribution in [3.8, 4) is 0 Å². The number of carbonyl (C=O) groups is 2. The van der Waals surface area contributed by atoms with Crippen LogP contribution < -0.4 is 5.73 Å². The third-order valence-electron chi connectivity index (χ3n) is 8.90. The Hall–Kier alpha value is -2.23. The first-order valence-corrected chi connectivity index (χ1v) is 11.0. The van der Waals surface area contributed by atoms with Crippen molar-refractivity contribution in [2.75, 3.05) is 5.73 Å². The Kier molecular flexibility index (Phi) is 4.13. The number of dihydropyridines is 1. The number of fused-ring (bicyclic) bond motifs is 5. The summed E-state index contributed by atoms with van der Waals surface area (Å²) in [4.78, 5) is 29.7. The largest absolute Gasteiger partial charge is 0.398 e. The van der Waals surface area contributed by atoms with Gasteiger partial charge in [-0.05, 0) is 73.8 Å². The summed E-state index contributed by atoms with van der Waals surface area (Å²) in [5.74, 6) is 1.87. The maximum atomic E-state index is 13.5. The van der Waals surface area contributed by atoms with Gasteiger partial charge in [0.1, 0.15) is 0 Å². The number of ketones is 1. The average molecular weight is 391 g/mol. The minimum Gasteiger partial charge on any atom is -0.398 e. The summed E-state index contributed by atoms with van der Waals surface area (Å²) in [6.07, 6.45) is 10.0. The lowest BCUT2D eigenvalue weighted by Gasteiger charge is -2.56. The van der Waals surface area contributed by atoms with E-state index >= 15 is 0 Å². The molecule has 1 aliphatic heterocycles. The number of amides is 1. The number of nitrogens with zero attached hydrogens (tertiary/aromatic N) is 1. The molecule has 1 amide bonds. The monoisotopic (exact) mass is 390 g/mol. The molecule has 2 N–H and O–H groups in total. The van der Waals surface area contributed by atoms with E-state index in [1.807, 2.05) is 24.3 Å². The van der Waals surface area contributed by atoms with Crippen LogP contribution in [-0.2, 0) is 4.79 Å². The van der Waals surface area contributed by atoms with Crippen LogP contribution in [0.15, 0.2) is 41.4 Å². The molecule has 0 radical (unpaired) electrons. The Morgan fingerprint density at radius 3 is 2.69 bits per heavy atom. The smallest absolute Gasteiger partial charge is 0.269 e. The first-order valence-electron chi connectivity index (χ1n) is 11.0. The van der Waals surface area contributed by atoms with Gasteiger partial charge in [0, 0.05) is 34.4 Å². The van der Waals surface area contributed by atoms with E-state index in [0.717, 1.165) is 44.2 Å². The second-order valence-corrected chi connectivity index (χ2v) is 10.1. The lowest BCUT2D eigenvalue weighted by molar-refractivity contribution is -0.113. The van der Waals surface area contributed by atoms with E-state index in [1.54, 1.807) is 6.08 Å². The maximum Gasteiger partial charge on any atom is 0.269 e. The maximum absolute atomic E-state index is 13.5.